The van der Waals surface area contributed by atoms with Crippen LogP contribution in [-0.2, 0) is 9.47 Å². The molecule has 0 aliphatic heterocycles. The van der Waals surface area contributed by atoms with Crippen LogP contribution in [-0.4, -0.2) is 37.9 Å². The third kappa shape index (κ3) is 3.04. The first-order valence-corrected chi connectivity index (χ1v) is 2.74. The Morgan fingerprint density at radius 1 is 1.18 bits per heavy atom. The van der Waals surface area contributed by atoms with Crippen LogP contribution >= 0.6 is 0 Å². The molecule has 6 heteroatoms. The van der Waals surface area contributed by atoms with Crippen molar-refractivity contribution >= 4 is 0 Å². The Hall–Kier alpha value is -0.330. The van der Waals surface area contributed by atoms with Crippen LogP contribution in [0.15, 0.2) is 0 Å². The highest BCUT2D eigenvalue weighted by atomic mass is 19.4. The minimum absolute atomic E-state index is 1.02. The number of halogens is 3. The minimum atomic E-state index is -4.71. The molecule has 0 rings (SSSR count). The average molecular weight is 174 g/mol. The maximum Gasteiger partial charge on any atom is 0.419 e. The summed E-state index contributed by atoms with van der Waals surface area (Å²) in [5, 5.41) is 8.47. The van der Waals surface area contributed by atoms with Crippen molar-refractivity contribution in [1.82, 2.24) is 0 Å². The average Bonchev–Trinajstić information content (AvgIpc) is 1.88. The molecule has 0 saturated carbocycles. The molecular weight excluding hydrogens is 165 g/mol. The van der Waals surface area contributed by atoms with Gasteiger partial charge in [0.15, 0.2) is 6.29 Å². The van der Waals surface area contributed by atoms with Crippen LogP contribution < -0.4 is 0 Å². The van der Waals surface area contributed by atoms with E-state index >= 15 is 0 Å². The van der Waals surface area contributed by atoms with E-state index in [1.54, 1.807) is 0 Å². The van der Waals surface area contributed by atoms with Crippen LogP contribution in [0, 0.1) is 0 Å². The molecule has 11 heavy (non-hydrogen) atoms. The molecule has 0 spiro atoms. The second-order valence-electron chi connectivity index (χ2n) is 1.83. The highest BCUT2D eigenvalue weighted by Crippen LogP contribution is 2.23. The van der Waals surface area contributed by atoms with Crippen LogP contribution in [0.5, 0.6) is 0 Å². The first-order valence-electron chi connectivity index (χ1n) is 2.74. The quantitative estimate of drug-likeness (QED) is 0.634. The topological polar surface area (TPSA) is 38.7 Å². The fraction of sp³-hybridized carbons (Fsp3) is 1.00. The van der Waals surface area contributed by atoms with Gasteiger partial charge in [0, 0.05) is 14.2 Å². The van der Waals surface area contributed by atoms with Gasteiger partial charge in [0.1, 0.15) is 0 Å². The van der Waals surface area contributed by atoms with Gasteiger partial charge < -0.3 is 14.6 Å². The second kappa shape index (κ2) is 3.89. The number of alkyl halides is 3. The molecule has 0 aromatic rings. The summed E-state index contributed by atoms with van der Waals surface area (Å²) >= 11 is 0. The molecule has 0 unspecified atom stereocenters. The van der Waals surface area contributed by atoms with E-state index in [1.165, 1.54) is 0 Å². The van der Waals surface area contributed by atoms with Gasteiger partial charge in [-0.05, 0) is 0 Å². The maximum absolute atomic E-state index is 11.7. The van der Waals surface area contributed by atoms with Gasteiger partial charge in [0.2, 0.25) is 6.10 Å². The van der Waals surface area contributed by atoms with Gasteiger partial charge in [0.25, 0.3) is 0 Å². The van der Waals surface area contributed by atoms with Gasteiger partial charge >= 0.3 is 6.18 Å². The number of ether oxygens (including phenoxy) is 2. The van der Waals surface area contributed by atoms with Crippen LogP contribution in [0.1, 0.15) is 0 Å². The summed E-state index contributed by atoms with van der Waals surface area (Å²) in [7, 11) is 2.03. The van der Waals surface area contributed by atoms with Crippen LogP contribution in [0.3, 0.4) is 0 Å². The zero-order valence-electron chi connectivity index (χ0n) is 6.05. The maximum atomic E-state index is 11.7. The molecular formula is C5H9F3O3. The Labute approximate surface area is 61.7 Å². The highest BCUT2D eigenvalue weighted by Gasteiger charge is 2.44. The summed E-state index contributed by atoms with van der Waals surface area (Å²) in [6, 6.07) is 0. The number of methoxy groups -OCH3 is 2. The molecule has 0 aliphatic rings. The standard InChI is InChI=1S/C5H9F3O3/c1-10-4(11-2)3(9)5(6,7)8/h3-4,9H,1-2H3/t3-/m1/s1. The smallest absolute Gasteiger partial charge is 0.380 e. The lowest BCUT2D eigenvalue weighted by Crippen LogP contribution is -2.41. The number of hydrogen-bond donors (Lipinski definition) is 1. The number of aliphatic hydroxyl groups is 1. The predicted octanol–water partition coefficient (Wildman–Crippen LogP) is 0.528. The molecule has 1 atom stereocenters. The van der Waals surface area contributed by atoms with Crippen LogP contribution in [0.25, 0.3) is 0 Å². The van der Waals surface area contributed by atoms with E-state index in [1.807, 2.05) is 0 Å². The van der Waals surface area contributed by atoms with E-state index in [4.69, 9.17) is 5.11 Å². The molecule has 0 radical (unpaired) electrons. The zero-order chi connectivity index (χ0) is 9.07. The first-order chi connectivity index (χ1) is 4.93. The van der Waals surface area contributed by atoms with Gasteiger partial charge in [-0.3, -0.25) is 0 Å². The van der Waals surface area contributed by atoms with Gasteiger partial charge in [-0.25, -0.2) is 0 Å². The Kier molecular flexibility index (Phi) is 3.77. The van der Waals surface area contributed by atoms with E-state index in [2.05, 4.69) is 9.47 Å². The van der Waals surface area contributed by atoms with E-state index < -0.39 is 18.6 Å². The summed E-state index contributed by atoms with van der Waals surface area (Å²) in [6.45, 7) is 0. The van der Waals surface area contributed by atoms with Gasteiger partial charge in [-0.1, -0.05) is 0 Å². The SMILES string of the molecule is COC(OC)[C@@H](O)C(F)(F)F. The molecule has 0 fully saturated rings. The molecule has 0 saturated heterocycles. The van der Waals surface area contributed by atoms with E-state index in [-0.39, 0.29) is 0 Å². The van der Waals surface area contributed by atoms with E-state index in [9.17, 15) is 13.2 Å². The lowest BCUT2D eigenvalue weighted by molar-refractivity contribution is -0.278. The van der Waals surface area contributed by atoms with Crippen molar-refractivity contribution in [2.24, 2.45) is 0 Å². The van der Waals surface area contributed by atoms with Crippen molar-refractivity contribution in [1.29, 1.82) is 0 Å². The summed E-state index contributed by atoms with van der Waals surface area (Å²) in [5.74, 6) is 0. The molecule has 0 bridgehead atoms. The highest BCUT2D eigenvalue weighted by molar-refractivity contribution is 4.68. The normalized spacial score (nSPS) is 15.5. The molecule has 1 N–H and O–H groups in total. The monoisotopic (exact) mass is 174 g/mol. The Morgan fingerprint density at radius 3 is 1.64 bits per heavy atom. The largest absolute Gasteiger partial charge is 0.419 e. The fourth-order valence-corrected chi connectivity index (χ4v) is 0.508. The molecule has 3 nitrogen and oxygen atoms in total. The second-order valence-corrected chi connectivity index (χ2v) is 1.83. The number of hydrogen-bond acceptors (Lipinski definition) is 3. The van der Waals surface area contributed by atoms with Gasteiger partial charge in [0.05, 0.1) is 0 Å². The van der Waals surface area contributed by atoms with Crippen molar-refractivity contribution in [3.63, 3.8) is 0 Å². The summed E-state index contributed by atoms with van der Waals surface area (Å²) in [4.78, 5) is 0. The third-order valence-corrected chi connectivity index (χ3v) is 1.06. The van der Waals surface area contributed by atoms with Crippen LogP contribution in [0.4, 0.5) is 13.2 Å². The lowest BCUT2D eigenvalue weighted by Gasteiger charge is -2.21. The number of rotatable bonds is 3. The van der Waals surface area contributed by atoms with E-state index in [0.717, 1.165) is 14.2 Å². The van der Waals surface area contributed by atoms with Crippen molar-refractivity contribution in [2.45, 2.75) is 18.6 Å². The summed E-state index contributed by atoms with van der Waals surface area (Å²) in [6.07, 6.45) is -8.97. The van der Waals surface area contributed by atoms with Crippen molar-refractivity contribution < 1.29 is 27.8 Å². The van der Waals surface area contributed by atoms with Gasteiger partial charge in [-0.15, -0.1) is 0 Å². The lowest BCUT2D eigenvalue weighted by atomic mass is 10.3. The molecule has 0 heterocycles. The van der Waals surface area contributed by atoms with Crippen molar-refractivity contribution in [3.8, 4) is 0 Å². The van der Waals surface area contributed by atoms with Crippen molar-refractivity contribution in [3.05, 3.63) is 0 Å². The molecule has 0 aromatic heterocycles. The van der Waals surface area contributed by atoms with Gasteiger partial charge in [-0.2, -0.15) is 13.2 Å². The zero-order valence-corrected chi connectivity index (χ0v) is 6.05. The third-order valence-electron chi connectivity index (χ3n) is 1.06. The Bertz CT molecular complexity index is 110. The van der Waals surface area contributed by atoms with E-state index in [0.29, 0.717) is 0 Å². The molecule has 68 valence electrons. The molecule has 0 amide bonds. The Balaban J connectivity index is 4.09. The molecule has 0 aromatic carbocycles. The Morgan fingerprint density at radius 2 is 1.55 bits per heavy atom. The van der Waals surface area contributed by atoms with Crippen molar-refractivity contribution in [2.75, 3.05) is 14.2 Å². The summed E-state index contributed by atoms with van der Waals surface area (Å²) in [5.41, 5.74) is 0. The van der Waals surface area contributed by atoms with Crippen LogP contribution in [0.2, 0.25) is 0 Å². The first kappa shape index (κ1) is 10.7. The molecule has 0 aliphatic carbocycles. The minimum Gasteiger partial charge on any atom is -0.380 e. The predicted molar refractivity (Wildman–Crippen MR) is 29.9 cm³/mol. The summed E-state index contributed by atoms with van der Waals surface area (Å²) < 4.78 is 43.4. The number of aliphatic hydroxyl groups excluding tert-OH is 1. The fourth-order valence-electron chi connectivity index (χ4n) is 0.508.